The molecule has 1 fully saturated rings. The number of nitrogens with one attached hydrogen (secondary N) is 2. The standard InChI is InChI=1S/C15H20Cl2N2O2/c1-9-7-19(8-10(2)21-9)11(3)15(20)18-14-12(16)5-4-6-13(14)17/h4-6,9-11H,7-8H2,1-3H3,(H,18,20)/p+1/t9-,10-,11-/m0/s1. The molecular weight excluding hydrogens is 311 g/mol. The SMILES string of the molecule is C[C@H]1C[NH+]([C@@H](C)C(=O)Nc2c(Cl)cccc2Cl)C[C@H](C)O1. The van der Waals surface area contributed by atoms with E-state index < -0.39 is 0 Å². The molecular formula is C15H21Cl2N2O2+. The molecule has 1 aliphatic rings. The summed E-state index contributed by atoms with van der Waals surface area (Å²) in [5, 5.41) is 3.73. The number of rotatable bonds is 3. The van der Waals surface area contributed by atoms with Gasteiger partial charge in [-0.1, -0.05) is 29.3 Å². The van der Waals surface area contributed by atoms with Crippen molar-refractivity contribution in [3.63, 3.8) is 0 Å². The Labute approximate surface area is 135 Å². The van der Waals surface area contributed by atoms with Crippen LogP contribution in [0.15, 0.2) is 18.2 Å². The smallest absolute Gasteiger partial charge is 0.282 e. The second-order valence-electron chi connectivity index (χ2n) is 5.63. The highest BCUT2D eigenvalue weighted by Gasteiger charge is 2.33. The molecule has 1 aliphatic heterocycles. The molecule has 1 amide bonds. The van der Waals surface area contributed by atoms with E-state index in [9.17, 15) is 4.79 Å². The minimum Gasteiger partial charge on any atom is -0.364 e. The summed E-state index contributed by atoms with van der Waals surface area (Å²) in [4.78, 5) is 13.6. The van der Waals surface area contributed by atoms with Crippen molar-refractivity contribution in [2.75, 3.05) is 18.4 Å². The first-order chi connectivity index (χ1) is 9.88. The van der Waals surface area contributed by atoms with Crippen LogP contribution in [0.5, 0.6) is 0 Å². The third kappa shape index (κ3) is 4.10. The van der Waals surface area contributed by atoms with Gasteiger partial charge in [-0.05, 0) is 32.9 Å². The number of carbonyl (C=O) groups is 1. The second kappa shape index (κ2) is 6.97. The van der Waals surface area contributed by atoms with Crippen molar-refractivity contribution < 1.29 is 14.4 Å². The lowest BCUT2D eigenvalue weighted by Gasteiger charge is -2.35. The summed E-state index contributed by atoms with van der Waals surface area (Å²) in [5.74, 6) is -0.0821. The lowest BCUT2D eigenvalue weighted by atomic mass is 10.1. The molecule has 0 bridgehead atoms. The minimum atomic E-state index is -0.189. The zero-order valence-electron chi connectivity index (χ0n) is 12.5. The number of ether oxygens (including phenoxy) is 1. The molecule has 0 spiro atoms. The van der Waals surface area contributed by atoms with Gasteiger partial charge in [0.05, 0.1) is 15.7 Å². The molecule has 6 heteroatoms. The van der Waals surface area contributed by atoms with E-state index in [1.807, 2.05) is 20.8 Å². The molecule has 1 heterocycles. The van der Waals surface area contributed by atoms with Gasteiger partial charge in [0.1, 0.15) is 25.3 Å². The number of para-hydroxylation sites is 1. The number of hydrogen-bond acceptors (Lipinski definition) is 2. The zero-order valence-corrected chi connectivity index (χ0v) is 14.0. The van der Waals surface area contributed by atoms with Crippen LogP contribution in [0, 0.1) is 0 Å². The number of benzene rings is 1. The number of carbonyl (C=O) groups excluding carboxylic acids is 1. The van der Waals surface area contributed by atoms with Crippen LogP contribution < -0.4 is 10.2 Å². The van der Waals surface area contributed by atoms with Gasteiger partial charge in [0, 0.05) is 0 Å². The van der Waals surface area contributed by atoms with Gasteiger partial charge >= 0.3 is 0 Å². The highest BCUT2D eigenvalue weighted by atomic mass is 35.5. The van der Waals surface area contributed by atoms with Crippen LogP contribution in [0.3, 0.4) is 0 Å². The third-order valence-corrected chi connectivity index (χ3v) is 4.41. The Bertz CT molecular complexity index is 494. The molecule has 21 heavy (non-hydrogen) atoms. The average molecular weight is 332 g/mol. The van der Waals surface area contributed by atoms with Crippen LogP contribution in [0.2, 0.25) is 10.0 Å². The molecule has 1 aromatic carbocycles. The summed E-state index contributed by atoms with van der Waals surface area (Å²) >= 11 is 12.2. The Morgan fingerprint density at radius 1 is 1.29 bits per heavy atom. The second-order valence-corrected chi connectivity index (χ2v) is 6.45. The summed E-state index contributed by atoms with van der Waals surface area (Å²) in [6.45, 7) is 7.61. The monoisotopic (exact) mass is 331 g/mol. The Balaban J connectivity index is 2.06. The Hall–Kier alpha value is -0.810. The van der Waals surface area contributed by atoms with E-state index in [-0.39, 0.29) is 24.2 Å². The van der Waals surface area contributed by atoms with Gasteiger partial charge in [-0.25, -0.2) is 0 Å². The summed E-state index contributed by atoms with van der Waals surface area (Å²) in [5.41, 5.74) is 0.478. The fourth-order valence-electron chi connectivity index (χ4n) is 2.70. The van der Waals surface area contributed by atoms with Crippen LogP contribution in [0.25, 0.3) is 0 Å². The molecule has 116 valence electrons. The Morgan fingerprint density at radius 3 is 2.33 bits per heavy atom. The first-order valence-corrected chi connectivity index (χ1v) is 7.89. The lowest BCUT2D eigenvalue weighted by molar-refractivity contribution is -0.928. The Morgan fingerprint density at radius 2 is 1.81 bits per heavy atom. The Kier molecular flexibility index (Phi) is 5.49. The molecule has 0 saturated carbocycles. The van der Waals surface area contributed by atoms with Crippen molar-refractivity contribution in [3.05, 3.63) is 28.2 Å². The summed E-state index contributed by atoms with van der Waals surface area (Å²) in [6, 6.07) is 4.98. The highest BCUT2D eigenvalue weighted by molar-refractivity contribution is 6.39. The fourth-order valence-corrected chi connectivity index (χ4v) is 3.19. The van der Waals surface area contributed by atoms with E-state index in [2.05, 4.69) is 5.32 Å². The number of quaternary nitrogens is 1. The molecule has 0 radical (unpaired) electrons. The summed E-state index contributed by atoms with van der Waals surface area (Å²) < 4.78 is 5.71. The van der Waals surface area contributed by atoms with Gasteiger partial charge in [0.15, 0.2) is 6.04 Å². The molecule has 3 atom stereocenters. The predicted octanol–water partition coefficient (Wildman–Crippen LogP) is 2.01. The van der Waals surface area contributed by atoms with Crippen molar-refractivity contribution in [1.29, 1.82) is 0 Å². The number of amides is 1. The van der Waals surface area contributed by atoms with Crippen LogP contribution >= 0.6 is 23.2 Å². The molecule has 2 rings (SSSR count). The maximum absolute atomic E-state index is 12.4. The number of halogens is 2. The van der Waals surface area contributed by atoms with Crippen molar-refractivity contribution in [1.82, 2.24) is 0 Å². The molecule has 4 nitrogen and oxygen atoms in total. The van der Waals surface area contributed by atoms with E-state index in [1.54, 1.807) is 18.2 Å². The predicted molar refractivity (Wildman–Crippen MR) is 85.3 cm³/mol. The first-order valence-electron chi connectivity index (χ1n) is 7.13. The minimum absolute atomic E-state index is 0.0821. The number of morpholine rings is 1. The molecule has 2 N–H and O–H groups in total. The van der Waals surface area contributed by atoms with E-state index >= 15 is 0 Å². The van der Waals surface area contributed by atoms with Crippen LogP contribution in [-0.4, -0.2) is 37.2 Å². The van der Waals surface area contributed by atoms with Crippen molar-refractivity contribution >= 4 is 34.8 Å². The van der Waals surface area contributed by atoms with Gasteiger partial charge in [0.2, 0.25) is 0 Å². The zero-order chi connectivity index (χ0) is 15.6. The van der Waals surface area contributed by atoms with Gasteiger partial charge in [-0.3, -0.25) is 4.79 Å². The van der Waals surface area contributed by atoms with Crippen LogP contribution in [-0.2, 0) is 9.53 Å². The van der Waals surface area contributed by atoms with E-state index in [0.29, 0.717) is 15.7 Å². The topological polar surface area (TPSA) is 42.8 Å². The third-order valence-electron chi connectivity index (χ3n) is 3.78. The summed E-state index contributed by atoms with van der Waals surface area (Å²) in [6.07, 6.45) is 0.311. The largest absolute Gasteiger partial charge is 0.364 e. The van der Waals surface area contributed by atoms with Crippen molar-refractivity contribution in [2.45, 2.75) is 39.0 Å². The lowest BCUT2D eigenvalue weighted by Crippen LogP contribution is -3.19. The summed E-state index contributed by atoms with van der Waals surface area (Å²) in [7, 11) is 0. The van der Waals surface area contributed by atoms with Crippen molar-refractivity contribution in [2.24, 2.45) is 0 Å². The van der Waals surface area contributed by atoms with E-state index in [0.717, 1.165) is 13.1 Å². The molecule has 0 aliphatic carbocycles. The van der Waals surface area contributed by atoms with Gasteiger partial charge in [0.25, 0.3) is 5.91 Å². The fraction of sp³-hybridized carbons (Fsp3) is 0.533. The first kappa shape index (κ1) is 16.6. The molecule has 1 aromatic rings. The highest BCUT2D eigenvalue weighted by Crippen LogP contribution is 2.29. The quantitative estimate of drug-likeness (QED) is 0.889. The molecule has 0 aromatic heterocycles. The van der Waals surface area contributed by atoms with Crippen LogP contribution in [0.1, 0.15) is 20.8 Å². The molecule has 1 saturated heterocycles. The maximum atomic E-state index is 12.4. The van der Waals surface area contributed by atoms with Crippen LogP contribution in [0.4, 0.5) is 5.69 Å². The van der Waals surface area contributed by atoms with Gasteiger partial charge in [-0.2, -0.15) is 0 Å². The average Bonchev–Trinajstić information content (AvgIpc) is 2.41. The van der Waals surface area contributed by atoms with E-state index in [4.69, 9.17) is 27.9 Å². The van der Waals surface area contributed by atoms with Crippen molar-refractivity contribution in [3.8, 4) is 0 Å². The van der Waals surface area contributed by atoms with Gasteiger partial charge in [-0.15, -0.1) is 0 Å². The van der Waals surface area contributed by atoms with E-state index in [1.165, 1.54) is 4.90 Å². The maximum Gasteiger partial charge on any atom is 0.282 e. The normalized spacial score (nSPS) is 27.2. The van der Waals surface area contributed by atoms with Gasteiger partial charge < -0.3 is 15.0 Å². The number of anilines is 1. The molecule has 0 unspecified atom stereocenters. The number of hydrogen-bond donors (Lipinski definition) is 2.